The molecule has 4 rings (SSSR count). The Hall–Kier alpha value is -0.780. The molecular weight excluding hydrogens is 120 g/mol. The summed E-state index contributed by atoms with van der Waals surface area (Å²) in [6.07, 6.45) is 4.04. The third-order valence-corrected chi connectivity index (χ3v) is 2.69. The molecule has 0 radical (unpaired) electrons. The van der Waals surface area contributed by atoms with E-state index in [1.165, 1.54) is 19.3 Å². The number of rotatable bonds is 0. The van der Waals surface area contributed by atoms with Crippen molar-refractivity contribution in [2.75, 3.05) is 0 Å². The van der Waals surface area contributed by atoms with E-state index in [1.807, 2.05) is 0 Å². The molecule has 50 valence electrons. The number of hydrogen-bond donors (Lipinski definition) is 0. The van der Waals surface area contributed by atoms with Crippen LogP contribution in [-0.2, 0) is 19.3 Å². The SMILES string of the molecule is c1c2cc3cc1CC(C2)C3. The molecule has 0 aromatic heterocycles. The van der Waals surface area contributed by atoms with Crippen LogP contribution in [0.3, 0.4) is 0 Å². The Balaban J connectivity index is 2.38. The summed E-state index contributed by atoms with van der Waals surface area (Å²) in [6.45, 7) is 0. The molecule has 1 aromatic carbocycles. The second kappa shape index (κ2) is 1.45. The van der Waals surface area contributed by atoms with Crippen LogP contribution in [-0.4, -0.2) is 0 Å². The molecule has 4 bridgehead atoms. The largest absolute Gasteiger partial charge is 0.0558 e. The van der Waals surface area contributed by atoms with E-state index in [4.69, 9.17) is 0 Å². The molecule has 0 saturated carbocycles. The third-order valence-electron chi connectivity index (χ3n) is 2.69. The fourth-order valence-electron chi connectivity index (χ4n) is 2.41. The minimum atomic E-state index is 0.972. The summed E-state index contributed by atoms with van der Waals surface area (Å²) in [6, 6.07) is 7.08. The van der Waals surface area contributed by atoms with Gasteiger partial charge in [-0.1, -0.05) is 18.2 Å². The predicted octanol–water partition coefficient (Wildman–Crippen LogP) is 1.96. The lowest BCUT2D eigenvalue weighted by Gasteiger charge is -2.29. The first-order valence-electron chi connectivity index (χ1n) is 4.02. The first-order valence-corrected chi connectivity index (χ1v) is 4.02. The maximum atomic E-state index is 2.36. The van der Waals surface area contributed by atoms with Crippen LogP contribution in [0.15, 0.2) is 18.2 Å². The second-order valence-corrected chi connectivity index (χ2v) is 3.64. The summed E-state index contributed by atoms with van der Waals surface area (Å²) >= 11 is 0. The fourth-order valence-corrected chi connectivity index (χ4v) is 2.41. The molecular formula is C10H10. The lowest BCUT2D eigenvalue weighted by molar-refractivity contribution is 0.479. The predicted molar refractivity (Wildman–Crippen MR) is 41.0 cm³/mol. The molecule has 0 fully saturated rings. The highest BCUT2D eigenvalue weighted by atomic mass is 14.3. The van der Waals surface area contributed by atoms with Gasteiger partial charge in [-0.2, -0.15) is 0 Å². The molecule has 10 heavy (non-hydrogen) atoms. The van der Waals surface area contributed by atoms with Crippen molar-refractivity contribution in [3.63, 3.8) is 0 Å². The molecule has 0 unspecified atom stereocenters. The van der Waals surface area contributed by atoms with E-state index in [-0.39, 0.29) is 0 Å². The van der Waals surface area contributed by atoms with Crippen molar-refractivity contribution >= 4 is 0 Å². The number of benzene rings is 1. The van der Waals surface area contributed by atoms with Crippen LogP contribution in [0.2, 0.25) is 0 Å². The maximum Gasteiger partial charge on any atom is -0.0244 e. The van der Waals surface area contributed by atoms with Gasteiger partial charge in [0.05, 0.1) is 0 Å². The van der Waals surface area contributed by atoms with Crippen molar-refractivity contribution in [3.8, 4) is 0 Å². The van der Waals surface area contributed by atoms with Crippen LogP contribution < -0.4 is 0 Å². The molecule has 0 heteroatoms. The highest BCUT2D eigenvalue weighted by molar-refractivity contribution is 5.37. The Labute approximate surface area is 60.9 Å². The standard InChI is InChI=1S/C10H10/c1-7-2-9-4-8(1)5-10(3-7)6-9/h1-2,4,10H,3,5-6H2. The van der Waals surface area contributed by atoms with E-state index in [2.05, 4.69) is 18.2 Å². The Kier molecular flexibility index (Phi) is 0.715. The molecule has 0 spiro atoms. The summed E-state index contributed by atoms with van der Waals surface area (Å²) in [4.78, 5) is 0. The van der Waals surface area contributed by atoms with Gasteiger partial charge in [-0.3, -0.25) is 0 Å². The fraction of sp³-hybridized carbons (Fsp3) is 0.400. The summed E-state index contributed by atoms with van der Waals surface area (Å²) in [5, 5.41) is 0. The van der Waals surface area contributed by atoms with E-state index >= 15 is 0 Å². The zero-order chi connectivity index (χ0) is 6.55. The second-order valence-electron chi connectivity index (χ2n) is 3.64. The van der Waals surface area contributed by atoms with Crippen molar-refractivity contribution in [1.82, 2.24) is 0 Å². The van der Waals surface area contributed by atoms with Gasteiger partial charge in [0.1, 0.15) is 0 Å². The van der Waals surface area contributed by atoms with Crippen LogP contribution in [0.5, 0.6) is 0 Å². The first kappa shape index (κ1) is 4.95. The third kappa shape index (κ3) is 0.518. The van der Waals surface area contributed by atoms with Crippen molar-refractivity contribution in [2.45, 2.75) is 19.3 Å². The molecule has 0 nitrogen and oxygen atoms in total. The average molecular weight is 130 g/mol. The van der Waals surface area contributed by atoms with Crippen molar-refractivity contribution in [2.24, 2.45) is 5.92 Å². The lowest BCUT2D eigenvalue weighted by atomic mass is 9.75. The molecule has 0 heterocycles. The van der Waals surface area contributed by atoms with Gasteiger partial charge in [0.2, 0.25) is 0 Å². The van der Waals surface area contributed by atoms with Gasteiger partial charge in [-0.15, -0.1) is 0 Å². The van der Waals surface area contributed by atoms with Gasteiger partial charge >= 0.3 is 0 Å². The molecule has 3 aliphatic rings. The quantitative estimate of drug-likeness (QED) is 0.503. The molecule has 0 aliphatic heterocycles. The van der Waals surface area contributed by atoms with Gasteiger partial charge in [-0.25, -0.2) is 0 Å². The van der Waals surface area contributed by atoms with E-state index in [0.29, 0.717) is 0 Å². The maximum absolute atomic E-state index is 2.36. The normalized spacial score (nSPS) is 20.4. The smallest absolute Gasteiger partial charge is 0.0244 e. The van der Waals surface area contributed by atoms with Gasteiger partial charge in [0.15, 0.2) is 0 Å². The zero-order valence-electron chi connectivity index (χ0n) is 5.93. The van der Waals surface area contributed by atoms with Crippen molar-refractivity contribution in [1.29, 1.82) is 0 Å². The van der Waals surface area contributed by atoms with Gasteiger partial charge < -0.3 is 0 Å². The molecule has 3 aliphatic carbocycles. The Morgan fingerprint density at radius 3 is 1.50 bits per heavy atom. The van der Waals surface area contributed by atoms with Gasteiger partial charge in [0.25, 0.3) is 0 Å². The van der Waals surface area contributed by atoms with Gasteiger partial charge in [-0.05, 0) is 41.9 Å². The van der Waals surface area contributed by atoms with Gasteiger partial charge in [0, 0.05) is 0 Å². The van der Waals surface area contributed by atoms with E-state index < -0.39 is 0 Å². The number of hydrogen-bond acceptors (Lipinski definition) is 0. The van der Waals surface area contributed by atoms with E-state index in [9.17, 15) is 0 Å². The summed E-state index contributed by atoms with van der Waals surface area (Å²) in [7, 11) is 0. The summed E-state index contributed by atoms with van der Waals surface area (Å²) < 4.78 is 0. The molecule has 0 N–H and O–H groups in total. The summed E-state index contributed by atoms with van der Waals surface area (Å²) in [5.74, 6) is 0.972. The highest BCUT2D eigenvalue weighted by Gasteiger charge is 2.23. The average Bonchev–Trinajstić information content (AvgIpc) is 1.82. The van der Waals surface area contributed by atoms with Crippen molar-refractivity contribution < 1.29 is 0 Å². The van der Waals surface area contributed by atoms with Crippen LogP contribution in [0.4, 0.5) is 0 Å². The highest BCUT2D eigenvalue weighted by Crippen LogP contribution is 2.32. The van der Waals surface area contributed by atoms with Crippen LogP contribution in [0.1, 0.15) is 16.7 Å². The Morgan fingerprint density at radius 1 is 0.800 bits per heavy atom. The first-order chi connectivity index (χ1) is 4.90. The topological polar surface area (TPSA) is 0 Å². The molecule has 0 atom stereocenters. The molecule has 0 amide bonds. The molecule has 0 saturated heterocycles. The Morgan fingerprint density at radius 2 is 1.20 bits per heavy atom. The monoisotopic (exact) mass is 130 g/mol. The minimum Gasteiger partial charge on any atom is -0.0558 e. The van der Waals surface area contributed by atoms with Crippen LogP contribution in [0, 0.1) is 5.92 Å². The lowest BCUT2D eigenvalue weighted by Crippen LogP contribution is -2.22. The van der Waals surface area contributed by atoms with Crippen molar-refractivity contribution in [3.05, 3.63) is 34.9 Å². The minimum absolute atomic E-state index is 0.972. The Bertz CT molecular complexity index is 226. The molecule has 1 aromatic rings. The zero-order valence-corrected chi connectivity index (χ0v) is 5.93. The van der Waals surface area contributed by atoms with Crippen LogP contribution >= 0.6 is 0 Å². The van der Waals surface area contributed by atoms with E-state index in [0.717, 1.165) is 5.92 Å². The van der Waals surface area contributed by atoms with Crippen LogP contribution in [0.25, 0.3) is 0 Å². The van der Waals surface area contributed by atoms with E-state index in [1.54, 1.807) is 16.7 Å². The summed E-state index contributed by atoms with van der Waals surface area (Å²) in [5.41, 5.74) is 4.74.